The van der Waals surface area contributed by atoms with E-state index in [2.05, 4.69) is 21.1 Å². The van der Waals surface area contributed by atoms with Gasteiger partial charge >= 0.3 is 0 Å². The summed E-state index contributed by atoms with van der Waals surface area (Å²) in [6.07, 6.45) is 3.31. The Kier molecular flexibility index (Phi) is 4.50. The first-order valence-electron chi connectivity index (χ1n) is 4.17. The predicted octanol–water partition coefficient (Wildman–Crippen LogP) is 2.69. The van der Waals surface area contributed by atoms with Crippen molar-refractivity contribution in [2.45, 2.75) is 12.8 Å². The average Bonchev–Trinajstić information content (AvgIpc) is 2.14. The van der Waals surface area contributed by atoms with Gasteiger partial charge in [-0.05, 0) is 24.7 Å². The molecule has 0 aliphatic carbocycles. The molecule has 0 aliphatic heterocycles. The quantitative estimate of drug-likeness (QED) is 0.369. The molecule has 0 fully saturated rings. The Morgan fingerprint density at radius 1 is 1.17 bits per heavy atom. The van der Waals surface area contributed by atoms with Gasteiger partial charge in [0.15, 0.2) is 0 Å². The van der Waals surface area contributed by atoms with E-state index >= 15 is 0 Å². The van der Waals surface area contributed by atoms with Crippen LogP contribution in [0.25, 0.3) is 0 Å². The third-order valence-electron chi connectivity index (χ3n) is 1.51. The van der Waals surface area contributed by atoms with Crippen molar-refractivity contribution in [3.05, 3.63) is 35.9 Å². The summed E-state index contributed by atoms with van der Waals surface area (Å²) in [5.74, 6) is 6.26. The highest BCUT2D eigenvalue weighted by atomic mass is 31.0. The Balaban J connectivity index is 2.44. The average molecular weight is 176 g/mol. The first-order valence-corrected chi connectivity index (χ1v) is 4.99. The number of unbranched alkanes of at least 4 members (excludes halogenated alkanes) is 1. The molecule has 1 atom stereocenters. The van der Waals surface area contributed by atoms with E-state index in [-0.39, 0.29) is 0 Å². The smallest absolute Gasteiger partial charge is 0.0245 e. The standard InChI is InChI=1S/C11H13P/c12-10-6-2-5-9-11-7-3-1-4-8-11/h1,3-4,7-8H,2,6,10,12H2. The normalized spacial score (nSPS) is 8.75. The van der Waals surface area contributed by atoms with Gasteiger partial charge in [0, 0.05) is 12.0 Å². The van der Waals surface area contributed by atoms with E-state index in [1.807, 2.05) is 30.3 Å². The van der Waals surface area contributed by atoms with Gasteiger partial charge in [0.25, 0.3) is 0 Å². The Morgan fingerprint density at radius 3 is 2.58 bits per heavy atom. The van der Waals surface area contributed by atoms with Gasteiger partial charge in [-0.2, -0.15) is 0 Å². The molecule has 0 N–H and O–H groups in total. The number of hydrogen-bond acceptors (Lipinski definition) is 0. The highest BCUT2D eigenvalue weighted by Gasteiger charge is 1.80. The van der Waals surface area contributed by atoms with Crippen molar-refractivity contribution < 1.29 is 0 Å². The van der Waals surface area contributed by atoms with Crippen LogP contribution in [-0.2, 0) is 0 Å². The van der Waals surface area contributed by atoms with Crippen molar-refractivity contribution in [3.8, 4) is 11.8 Å². The molecule has 12 heavy (non-hydrogen) atoms. The summed E-state index contributed by atoms with van der Waals surface area (Å²) in [5, 5.41) is 0. The summed E-state index contributed by atoms with van der Waals surface area (Å²) in [6, 6.07) is 10.1. The largest absolute Gasteiger partial charge is 0.138 e. The molecule has 0 radical (unpaired) electrons. The number of benzene rings is 1. The van der Waals surface area contributed by atoms with Crippen molar-refractivity contribution in [1.29, 1.82) is 0 Å². The van der Waals surface area contributed by atoms with Crippen LogP contribution >= 0.6 is 9.24 Å². The fourth-order valence-electron chi connectivity index (χ4n) is 0.876. The highest BCUT2D eigenvalue weighted by Crippen LogP contribution is 1.96. The lowest BCUT2D eigenvalue weighted by molar-refractivity contribution is 0.998. The van der Waals surface area contributed by atoms with Gasteiger partial charge < -0.3 is 0 Å². The summed E-state index contributed by atoms with van der Waals surface area (Å²) in [6.45, 7) is 0. The van der Waals surface area contributed by atoms with E-state index in [0.29, 0.717) is 0 Å². The maximum atomic E-state index is 3.14. The van der Waals surface area contributed by atoms with Gasteiger partial charge in [-0.15, -0.1) is 9.24 Å². The SMILES string of the molecule is PCCCC#Cc1ccccc1. The molecule has 0 saturated carbocycles. The number of hydrogen-bond donors (Lipinski definition) is 0. The van der Waals surface area contributed by atoms with E-state index in [9.17, 15) is 0 Å². The molecule has 0 heterocycles. The van der Waals surface area contributed by atoms with Crippen LogP contribution in [-0.4, -0.2) is 6.16 Å². The maximum Gasteiger partial charge on any atom is 0.0245 e. The zero-order chi connectivity index (χ0) is 8.65. The van der Waals surface area contributed by atoms with Crippen molar-refractivity contribution in [2.75, 3.05) is 6.16 Å². The fourth-order valence-corrected chi connectivity index (χ4v) is 1.08. The molecule has 62 valence electrons. The molecule has 1 unspecified atom stereocenters. The third kappa shape index (κ3) is 3.56. The summed E-state index contributed by atoms with van der Waals surface area (Å²) >= 11 is 0. The number of rotatable bonds is 2. The van der Waals surface area contributed by atoms with Crippen molar-refractivity contribution in [1.82, 2.24) is 0 Å². The van der Waals surface area contributed by atoms with Crippen molar-refractivity contribution >= 4 is 9.24 Å². The molecule has 0 amide bonds. The van der Waals surface area contributed by atoms with Gasteiger partial charge in [0.05, 0.1) is 0 Å². The third-order valence-corrected chi connectivity index (χ3v) is 1.92. The van der Waals surface area contributed by atoms with Crippen LogP contribution in [0.15, 0.2) is 30.3 Å². The Morgan fingerprint density at radius 2 is 1.92 bits per heavy atom. The summed E-state index contributed by atoms with van der Waals surface area (Å²) < 4.78 is 0. The first kappa shape index (κ1) is 9.30. The van der Waals surface area contributed by atoms with Crippen molar-refractivity contribution in [3.63, 3.8) is 0 Å². The Labute approximate surface area is 76.6 Å². The molecule has 1 heteroatoms. The zero-order valence-corrected chi connectivity index (χ0v) is 8.24. The summed E-state index contributed by atoms with van der Waals surface area (Å²) in [5.41, 5.74) is 1.11. The van der Waals surface area contributed by atoms with Crippen LogP contribution in [0.2, 0.25) is 0 Å². The van der Waals surface area contributed by atoms with Gasteiger partial charge in [-0.1, -0.05) is 30.0 Å². The molecular weight excluding hydrogens is 163 g/mol. The molecule has 0 aliphatic rings. The highest BCUT2D eigenvalue weighted by molar-refractivity contribution is 7.16. The van der Waals surface area contributed by atoms with Gasteiger partial charge in [0.1, 0.15) is 0 Å². The molecular formula is C11H13P. The lowest BCUT2D eigenvalue weighted by Crippen LogP contribution is -1.73. The van der Waals surface area contributed by atoms with Gasteiger partial charge in [-0.3, -0.25) is 0 Å². The maximum absolute atomic E-state index is 3.14. The minimum atomic E-state index is 0.998. The van der Waals surface area contributed by atoms with Gasteiger partial charge in [-0.25, -0.2) is 0 Å². The summed E-state index contributed by atoms with van der Waals surface area (Å²) in [4.78, 5) is 0. The first-order chi connectivity index (χ1) is 5.93. The second-order valence-electron chi connectivity index (χ2n) is 2.56. The monoisotopic (exact) mass is 176 g/mol. The van der Waals surface area contributed by atoms with Crippen molar-refractivity contribution in [2.24, 2.45) is 0 Å². The topological polar surface area (TPSA) is 0 Å². The molecule has 1 aromatic carbocycles. The molecule has 0 aromatic heterocycles. The molecule has 0 spiro atoms. The van der Waals surface area contributed by atoms with Crippen LogP contribution in [0.1, 0.15) is 18.4 Å². The van der Waals surface area contributed by atoms with E-state index in [4.69, 9.17) is 0 Å². The Bertz CT molecular complexity index is 266. The van der Waals surface area contributed by atoms with E-state index < -0.39 is 0 Å². The van der Waals surface area contributed by atoms with Crippen LogP contribution in [0.5, 0.6) is 0 Å². The fraction of sp³-hybridized carbons (Fsp3) is 0.273. The van der Waals surface area contributed by atoms with Crippen LogP contribution in [0, 0.1) is 11.8 Å². The molecule has 0 nitrogen and oxygen atoms in total. The second kappa shape index (κ2) is 5.81. The zero-order valence-electron chi connectivity index (χ0n) is 7.09. The van der Waals surface area contributed by atoms with E-state index in [1.165, 1.54) is 6.42 Å². The lowest BCUT2D eigenvalue weighted by Gasteiger charge is -1.86. The van der Waals surface area contributed by atoms with E-state index in [1.54, 1.807) is 0 Å². The van der Waals surface area contributed by atoms with Crippen LogP contribution < -0.4 is 0 Å². The van der Waals surface area contributed by atoms with Crippen LogP contribution in [0.4, 0.5) is 0 Å². The predicted molar refractivity (Wildman–Crippen MR) is 57.1 cm³/mol. The lowest BCUT2D eigenvalue weighted by atomic mass is 10.2. The van der Waals surface area contributed by atoms with E-state index in [0.717, 1.165) is 18.1 Å². The Hall–Kier alpha value is -0.790. The van der Waals surface area contributed by atoms with Gasteiger partial charge in [0.2, 0.25) is 0 Å². The second-order valence-corrected chi connectivity index (χ2v) is 3.14. The molecule has 1 aromatic rings. The van der Waals surface area contributed by atoms with Crippen LogP contribution in [0.3, 0.4) is 0 Å². The molecule has 1 rings (SSSR count). The minimum Gasteiger partial charge on any atom is -0.138 e. The minimum absolute atomic E-state index is 0.998. The summed E-state index contributed by atoms with van der Waals surface area (Å²) in [7, 11) is 2.71. The molecule has 0 saturated heterocycles. The molecule has 0 bridgehead atoms.